The highest BCUT2D eigenvalue weighted by Gasteiger charge is 2.15. The number of nitrogens with one attached hydrogen (secondary N) is 1. The van der Waals surface area contributed by atoms with Crippen molar-refractivity contribution < 1.29 is 4.79 Å². The summed E-state index contributed by atoms with van der Waals surface area (Å²) in [6.45, 7) is -0.237. The summed E-state index contributed by atoms with van der Waals surface area (Å²) in [6.07, 6.45) is 1.18. The van der Waals surface area contributed by atoms with Crippen LogP contribution in [-0.2, 0) is 11.3 Å². The summed E-state index contributed by atoms with van der Waals surface area (Å²) in [6, 6.07) is -1.21. The van der Waals surface area contributed by atoms with E-state index in [4.69, 9.17) is 5.73 Å². The number of rotatable bonds is 3. The van der Waals surface area contributed by atoms with Crippen LogP contribution in [0.5, 0.6) is 0 Å². The molecule has 1 rings (SSSR count). The predicted molar refractivity (Wildman–Crippen MR) is 57.8 cm³/mol. The largest absolute Gasteiger partial charge is 0.328 e. The van der Waals surface area contributed by atoms with Gasteiger partial charge in [-0.25, -0.2) is 4.79 Å². The minimum Gasteiger partial charge on any atom is -0.318 e. The first-order valence-electron chi connectivity index (χ1n) is 4.07. The number of carbonyl (C=O) groups is 1. The highest BCUT2D eigenvalue weighted by Crippen LogP contribution is 1.98. The second kappa shape index (κ2) is 4.94. The third kappa shape index (κ3) is 2.70. The van der Waals surface area contributed by atoms with Crippen LogP contribution < -0.4 is 17.0 Å². The molecule has 1 heterocycles. The number of hydrogen-bond acceptors (Lipinski definition) is 5. The Morgan fingerprint density at radius 1 is 1.62 bits per heavy atom. The van der Waals surface area contributed by atoms with Gasteiger partial charge in [-0.15, -0.1) is 4.91 Å². The van der Waals surface area contributed by atoms with Gasteiger partial charge in [0.2, 0.25) is 0 Å². The molecule has 0 bridgehead atoms. The molecule has 0 spiro atoms. The highest BCUT2D eigenvalue weighted by atomic mass is 79.9. The lowest BCUT2D eigenvalue weighted by Gasteiger charge is -2.08. The van der Waals surface area contributed by atoms with E-state index >= 15 is 0 Å². The maximum Gasteiger partial charge on any atom is 0.328 e. The zero-order chi connectivity index (χ0) is 12.3. The van der Waals surface area contributed by atoms with Gasteiger partial charge in [0.25, 0.3) is 5.56 Å². The maximum absolute atomic E-state index is 11.2. The number of carbonyl (C=O) groups excluding carboxylic acids is 1. The summed E-state index contributed by atoms with van der Waals surface area (Å²) < 4.78 is 1.12. The fourth-order valence-corrected chi connectivity index (χ4v) is 1.32. The topological polar surface area (TPSA) is 127 Å². The van der Waals surface area contributed by atoms with Crippen molar-refractivity contribution in [3.05, 3.63) is 36.4 Å². The van der Waals surface area contributed by atoms with Crippen molar-refractivity contribution in [3.63, 3.8) is 0 Å². The molecule has 0 aliphatic rings. The van der Waals surface area contributed by atoms with Gasteiger partial charge in [-0.05, 0) is 15.9 Å². The molecule has 1 aromatic heterocycles. The fraction of sp³-hybridized carbons (Fsp3) is 0.286. The van der Waals surface area contributed by atoms with E-state index in [1.54, 1.807) is 0 Å². The van der Waals surface area contributed by atoms with E-state index in [9.17, 15) is 19.3 Å². The van der Waals surface area contributed by atoms with Crippen molar-refractivity contribution in [3.8, 4) is 0 Å². The summed E-state index contributed by atoms with van der Waals surface area (Å²) in [5.41, 5.74) is 4.00. The first-order chi connectivity index (χ1) is 7.45. The number of nitroso groups, excluding NO2 is 1. The van der Waals surface area contributed by atoms with Crippen LogP contribution in [-0.4, -0.2) is 21.5 Å². The van der Waals surface area contributed by atoms with Crippen LogP contribution in [0.2, 0.25) is 0 Å². The van der Waals surface area contributed by atoms with E-state index < -0.39 is 23.2 Å². The van der Waals surface area contributed by atoms with Crippen LogP contribution in [0.15, 0.2) is 25.4 Å². The molecule has 0 fully saturated rings. The Kier molecular flexibility index (Phi) is 3.85. The SMILES string of the molecule is NC(Cn1cc(Br)c(=O)[nH]c1=O)C(=O)N=O. The van der Waals surface area contributed by atoms with Crippen LogP contribution in [0.25, 0.3) is 0 Å². The van der Waals surface area contributed by atoms with Crippen LogP contribution in [0.4, 0.5) is 0 Å². The molecule has 0 aliphatic heterocycles. The van der Waals surface area contributed by atoms with Gasteiger partial charge in [0.1, 0.15) is 6.04 Å². The third-order valence-electron chi connectivity index (χ3n) is 1.77. The quantitative estimate of drug-likeness (QED) is 0.685. The first kappa shape index (κ1) is 12.5. The van der Waals surface area contributed by atoms with Gasteiger partial charge in [-0.1, -0.05) is 0 Å². The summed E-state index contributed by atoms with van der Waals surface area (Å²) in [5, 5.41) is 2.14. The molecule has 0 aliphatic carbocycles. The predicted octanol–water partition coefficient (Wildman–Crippen LogP) is -1.08. The smallest absolute Gasteiger partial charge is 0.318 e. The molecule has 1 amide bonds. The van der Waals surface area contributed by atoms with Crippen LogP contribution >= 0.6 is 15.9 Å². The van der Waals surface area contributed by atoms with E-state index in [1.165, 1.54) is 6.20 Å². The Morgan fingerprint density at radius 3 is 2.81 bits per heavy atom. The minimum atomic E-state index is -1.21. The lowest BCUT2D eigenvalue weighted by molar-refractivity contribution is -0.119. The average molecular weight is 291 g/mol. The normalized spacial score (nSPS) is 12.1. The van der Waals surface area contributed by atoms with Crippen LogP contribution in [0.3, 0.4) is 0 Å². The van der Waals surface area contributed by atoms with Gasteiger partial charge >= 0.3 is 11.6 Å². The molecule has 0 saturated heterocycles. The molecular formula is C7H7BrN4O4. The molecule has 1 unspecified atom stereocenters. The number of aromatic amines is 1. The van der Waals surface area contributed by atoms with Crippen molar-refractivity contribution in [1.82, 2.24) is 9.55 Å². The van der Waals surface area contributed by atoms with Crippen molar-refractivity contribution in [1.29, 1.82) is 0 Å². The third-order valence-corrected chi connectivity index (χ3v) is 2.33. The van der Waals surface area contributed by atoms with Gasteiger partial charge < -0.3 is 5.73 Å². The molecule has 16 heavy (non-hydrogen) atoms. The molecular weight excluding hydrogens is 284 g/mol. The number of nitrogens with two attached hydrogens (primary N) is 1. The lowest BCUT2D eigenvalue weighted by Crippen LogP contribution is -2.39. The van der Waals surface area contributed by atoms with Gasteiger partial charge in [0, 0.05) is 11.4 Å². The summed E-state index contributed by atoms with van der Waals surface area (Å²) in [4.78, 5) is 44.9. The summed E-state index contributed by atoms with van der Waals surface area (Å²) in [5.74, 6) is -1.06. The van der Waals surface area contributed by atoms with E-state index in [2.05, 4.69) is 21.1 Å². The van der Waals surface area contributed by atoms with Gasteiger partial charge in [0.15, 0.2) is 0 Å². The minimum absolute atomic E-state index is 0.116. The molecule has 1 atom stereocenters. The van der Waals surface area contributed by atoms with Crippen LogP contribution in [0, 0.1) is 4.91 Å². The summed E-state index contributed by atoms with van der Waals surface area (Å²) >= 11 is 2.91. The van der Waals surface area contributed by atoms with Gasteiger partial charge in [-0.3, -0.25) is 19.1 Å². The van der Waals surface area contributed by atoms with Crippen molar-refractivity contribution in [2.75, 3.05) is 0 Å². The maximum atomic E-state index is 11.2. The number of amides is 1. The lowest BCUT2D eigenvalue weighted by atomic mass is 10.3. The molecule has 1 aromatic rings. The van der Waals surface area contributed by atoms with E-state index in [0.29, 0.717) is 0 Å². The molecule has 0 aromatic carbocycles. The van der Waals surface area contributed by atoms with E-state index in [-0.39, 0.29) is 11.0 Å². The van der Waals surface area contributed by atoms with Crippen molar-refractivity contribution >= 4 is 21.8 Å². The molecule has 3 N–H and O–H groups in total. The number of H-pyrrole nitrogens is 1. The van der Waals surface area contributed by atoms with Gasteiger partial charge in [0.05, 0.1) is 11.0 Å². The Hall–Kier alpha value is -1.61. The fourth-order valence-electron chi connectivity index (χ4n) is 0.976. The van der Waals surface area contributed by atoms with E-state index in [1.807, 2.05) is 4.98 Å². The number of aromatic nitrogens is 2. The number of halogens is 1. The molecule has 8 nitrogen and oxygen atoms in total. The molecule has 9 heteroatoms. The Balaban J connectivity index is 3.03. The average Bonchev–Trinajstić information content (AvgIpc) is 2.24. The highest BCUT2D eigenvalue weighted by molar-refractivity contribution is 9.10. The molecule has 0 saturated carbocycles. The Bertz CT molecular complexity index is 534. The second-order valence-corrected chi connectivity index (χ2v) is 3.78. The first-order valence-corrected chi connectivity index (χ1v) is 4.87. The molecule has 86 valence electrons. The van der Waals surface area contributed by atoms with E-state index in [0.717, 1.165) is 4.57 Å². The Morgan fingerprint density at radius 2 is 2.25 bits per heavy atom. The number of hydrogen-bond donors (Lipinski definition) is 2. The van der Waals surface area contributed by atoms with Crippen molar-refractivity contribution in [2.24, 2.45) is 10.9 Å². The van der Waals surface area contributed by atoms with Gasteiger partial charge in [-0.2, -0.15) is 0 Å². The van der Waals surface area contributed by atoms with Crippen molar-refractivity contribution in [2.45, 2.75) is 12.6 Å². The monoisotopic (exact) mass is 290 g/mol. The Labute approximate surface area is 96.6 Å². The zero-order valence-corrected chi connectivity index (χ0v) is 9.43. The zero-order valence-electron chi connectivity index (χ0n) is 7.84. The summed E-state index contributed by atoms with van der Waals surface area (Å²) in [7, 11) is 0. The van der Waals surface area contributed by atoms with Crippen LogP contribution in [0.1, 0.15) is 0 Å². The number of nitrogens with zero attached hydrogens (tertiary/aromatic N) is 2. The molecule has 0 radical (unpaired) electrons. The standard InChI is InChI=1S/C7H7BrN4O4/c8-3-1-12(7(15)10-5(3)13)2-4(9)6(14)11-16/h1,4H,2,9H2,(H,10,13,15). The second-order valence-electron chi connectivity index (χ2n) is 2.92.